The van der Waals surface area contributed by atoms with Gasteiger partial charge >= 0.3 is 6.03 Å². The van der Waals surface area contributed by atoms with Crippen molar-refractivity contribution in [1.29, 1.82) is 0 Å². The number of thiazole rings is 1. The normalized spacial score (nSPS) is 14.0. The second-order valence-electron chi connectivity index (χ2n) is 5.57. The van der Waals surface area contributed by atoms with E-state index in [-0.39, 0.29) is 11.6 Å². The van der Waals surface area contributed by atoms with Gasteiger partial charge in [-0.2, -0.15) is 0 Å². The number of carbonyl (C=O) groups is 1. The summed E-state index contributed by atoms with van der Waals surface area (Å²) >= 11 is 1.56. The maximum absolute atomic E-state index is 12.1. The molecule has 23 heavy (non-hydrogen) atoms. The summed E-state index contributed by atoms with van der Waals surface area (Å²) in [5.74, 6) is 0. The molecule has 2 N–H and O–H groups in total. The van der Waals surface area contributed by atoms with Crippen molar-refractivity contribution in [3.63, 3.8) is 0 Å². The van der Waals surface area contributed by atoms with Gasteiger partial charge in [-0.15, -0.1) is 11.3 Å². The number of hydrogen-bond donors (Lipinski definition) is 2. The minimum Gasteiger partial charge on any atom is -0.314 e. The van der Waals surface area contributed by atoms with Gasteiger partial charge in [0.2, 0.25) is 0 Å². The molecule has 0 saturated heterocycles. The largest absolute Gasteiger partial charge is 0.325 e. The first-order chi connectivity index (χ1) is 11.2. The van der Waals surface area contributed by atoms with E-state index >= 15 is 0 Å². The highest BCUT2D eigenvalue weighted by molar-refractivity contribution is 7.15. The first kappa shape index (κ1) is 15.7. The Hall–Kier alpha value is -2.15. The Bertz CT molecular complexity index is 742. The van der Waals surface area contributed by atoms with Crippen molar-refractivity contribution in [1.82, 2.24) is 9.55 Å². The fourth-order valence-electron chi connectivity index (χ4n) is 2.69. The Morgan fingerprint density at radius 1 is 1.26 bits per heavy atom. The van der Waals surface area contributed by atoms with E-state index in [9.17, 15) is 9.59 Å². The molecule has 2 amide bonds. The number of rotatable bonds is 3. The molecule has 7 heteroatoms. The number of pyridine rings is 1. The number of fused-ring (bicyclic) bond motifs is 1. The quantitative estimate of drug-likeness (QED) is 0.847. The molecule has 2 aromatic heterocycles. The smallest absolute Gasteiger partial charge is 0.314 e. The van der Waals surface area contributed by atoms with E-state index in [1.807, 2.05) is 6.92 Å². The van der Waals surface area contributed by atoms with Crippen LogP contribution in [-0.2, 0) is 19.4 Å². The van der Waals surface area contributed by atoms with Gasteiger partial charge in [-0.05, 0) is 38.7 Å². The summed E-state index contributed by atoms with van der Waals surface area (Å²) in [5.41, 5.74) is 1.63. The van der Waals surface area contributed by atoms with E-state index in [0.717, 1.165) is 18.5 Å². The molecule has 1 aliphatic carbocycles. The molecule has 0 radical (unpaired) electrons. The minimum atomic E-state index is -0.338. The van der Waals surface area contributed by atoms with Crippen LogP contribution < -0.4 is 16.2 Å². The van der Waals surface area contributed by atoms with Crippen LogP contribution in [0, 0.1) is 0 Å². The van der Waals surface area contributed by atoms with Crippen LogP contribution >= 0.6 is 11.3 Å². The average Bonchev–Trinajstić information content (AvgIpc) is 2.77. The summed E-state index contributed by atoms with van der Waals surface area (Å²) < 4.78 is 1.54. The van der Waals surface area contributed by atoms with Crippen LogP contribution in [0.4, 0.5) is 15.6 Å². The molecule has 3 rings (SSSR count). The van der Waals surface area contributed by atoms with Crippen LogP contribution in [0.25, 0.3) is 0 Å². The lowest BCUT2D eigenvalue weighted by Crippen LogP contribution is -2.22. The summed E-state index contributed by atoms with van der Waals surface area (Å²) in [7, 11) is 0. The van der Waals surface area contributed by atoms with E-state index in [2.05, 4.69) is 15.6 Å². The molecule has 0 aliphatic heterocycles. The molecule has 0 saturated carbocycles. The first-order valence-electron chi connectivity index (χ1n) is 7.93. The minimum absolute atomic E-state index is 0.0814. The van der Waals surface area contributed by atoms with E-state index < -0.39 is 0 Å². The Morgan fingerprint density at radius 3 is 2.91 bits per heavy atom. The maximum Gasteiger partial charge on any atom is 0.325 e. The molecule has 0 fully saturated rings. The highest BCUT2D eigenvalue weighted by atomic mass is 32.1. The zero-order valence-corrected chi connectivity index (χ0v) is 13.9. The van der Waals surface area contributed by atoms with Gasteiger partial charge in [0.1, 0.15) is 0 Å². The highest BCUT2D eigenvalue weighted by Gasteiger charge is 2.15. The molecule has 122 valence electrons. The third-order valence-electron chi connectivity index (χ3n) is 3.90. The van der Waals surface area contributed by atoms with E-state index in [0.29, 0.717) is 17.4 Å². The summed E-state index contributed by atoms with van der Waals surface area (Å²) in [6.45, 7) is 2.45. The molecule has 1 aliphatic rings. The monoisotopic (exact) mass is 332 g/mol. The van der Waals surface area contributed by atoms with Crippen LogP contribution in [0.3, 0.4) is 0 Å². The molecule has 0 atom stereocenters. The van der Waals surface area contributed by atoms with Crippen molar-refractivity contribution in [3.05, 3.63) is 39.3 Å². The average molecular weight is 332 g/mol. The summed E-state index contributed by atoms with van der Waals surface area (Å²) in [5, 5.41) is 6.17. The molecule has 2 aromatic rings. The second-order valence-corrected chi connectivity index (χ2v) is 6.65. The molecular weight excluding hydrogens is 312 g/mol. The van der Waals surface area contributed by atoms with Gasteiger partial charge in [0.15, 0.2) is 5.13 Å². The molecule has 6 nitrogen and oxygen atoms in total. The summed E-state index contributed by atoms with van der Waals surface area (Å²) in [6, 6.07) is 2.71. The van der Waals surface area contributed by atoms with E-state index in [4.69, 9.17) is 0 Å². The van der Waals surface area contributed by atoms with Crippen LogP contribution in [-0.4, -0.2) is 15.6 Å². The van der Waals surface area contributed by atoms with Crippen LogP contribution in [0.2, 0.25) is 0 Å². The zero-order valence-electron chi connectivity index (χ0n) is 13.1. The summed E-state index contributed by atoms with van der Waals surface area (Å²) in [6.07, 6.45) is 7.30. The van der Waals surface area contributed by atoms with E-state index in [1.54, 1.807) is 28.2 Å². The third-order valence-corrected chi connectivity index (χ3v) is 4.97. The highest BCUT2D eigenvalue weighted by Crippen LogP contribution is 2.28. The number of nitrogens with zero attached hydrogens (tertiary/aromatic N) is 2. The Morgan fingerprint density at radius 2 is 2.09 bits per heavy atom. The van der Waals surface area contributed by atoms with Gasteiger partial charge in [0, 0.05) is 23.7 Å². The van der Waals surface area contributed by atoms with Crippen molar-refractivity contribution < 1.29 is 4.79 Å². The van der Waals surface area contributed by atoms with Gasteiger partial charge in [-0.25, -0.2) is 9.78 Å². The van der Waals surface area contributed by atoms with Gasteiger partial charge in [-0.1, -0.05) is 6.42 Å². The lowest BCUT2D eigenvalue weighted by molar-refractivity contribution is 0.262. The Labute approximate surface area is 138 Å². The lowest BCUT2D eigenvalue weighted by Gasteiger charge is -2.07. The Kier molecular flexibility index (Phi) is 4.76. The number of nitrogens with one attached hydrogen (secondary N) is 2. The standard InChI is InChI=1S/C16H20N4O2S/c1-2-20-10-11(8-9-14(20)21)17-15(22)19-16-18-12-6-4-3-5-7-13(12)23-16/h8-10H,2-7H2,1H3,(H2,17,18,19,22). The van der Waals surface area contributed by atoms with Crippen molar-refractivity contribution in [2.75, 3.05) is 10.6 Å². The molecule has 0 spiro atoms. The number of hydrogen-bond acceptors (Lipinski definition) is 4. The van der Waals surface area contributed by atoms with Crippen LogP contribution in [0.5, 0.6) is 0 Å². The van der Waals surface area contributed by atoms with Gasteiger partial charge in [0.05, 0.1) is 11.4 Å². The molecular formula is C16H20N4O2S. The van der Waals surface area contributed by atoms with Crippen LogP contribution in [0.15, 0.2) is 23.1 Å². The number of aromatic nitrogens is 2. The van der Waals surface area contributed by atoms with Gasteiger partial charge in [0.25, 0.3) is 5.56 Å². The van der Waals surface area contributed by atoms with Crippen molar-refractivity contribution >= 4 is 28.2 Å². The number of anilines is 2. The number of aryl methyl sites for hydroxylation is 3. The molecule has 0 unspecified atom stereocenters. The number of carbonyl (C=O) groups excluding carboxylic acids is 1. The van der Waals surface area contributed by atoms with Crippen molar-refractivity contribution in [2.45, 2.75) is 45.6 Å². The van der Waals surface area contributed by atoms with Crippen molar-refractivity contribution in [3.8, 4) is 0 Å². The predicted octanol–water partition coefficient (Wildman–Crippen LogP) is 3.24. The SMILES string of the molecule is CCn1cc(NC(=O)Nc2nc3c(s2)CCCCC3)ccc1=O. The molecule has 2 heterocycles. The topological polar surface area (TPSA) is 76.0 Å². The third kappa shape index (κ3) is 3.79. The lowest BCUT2D eigenvalue weighted by atomic mass is 10.2. The van der Waals surface area contributed by atoms with E-state index in [1.165, 1.54) is 30.2 Å². The van der Waals surface area contributed by atoms with Gasteiger partial charge in [-0.3, -0.25) is 10.1 Å². The van der Waals surface area contributed by atoms with Crippen LogP contribution in [0.1, 0.15) is 36.8 Å². The van der Waals surface area contributed by atoms with Crippen molar-refractivity contribution in [2.24, 2.45) is 0 Å². The second kappa shape index (κ2) is 6.95. The number of amides is 2. The summed E-state index contributed by atoms with van der Waals surface area (Å²) in [4.78, 5) is 29.5. The fraction of sp³-hybridized carbons (Fsp3) is 0.438. The predicted molar refractivity (Wildman–Crippen MR) is 92.4 cm³/mol. The molecule has 0 aromatic carbocycles. The number of urea groups is 1. The van der Waals surface area contributed by atoms with Gasteiger partial charge < -0.3 is 9.88 Å². The zero-order chi connectivity index (χ0) is 16.2. The fourth-order valence-corrected chi connectivity index (χ4v) is 3.74. The maximum atomic E-state index is 12.1. The molecule has 0 bridgehead atoms. The Balaban J connectivity index is 1.66. The first-order valence-corrected chi connectivity index (χ1v) is 8.74.